The van der Waals surface area contributed by atoms with E-state index in [-0.39, 0.29) is 23.7 Å². The summed E-state index contributed by atoms with van der Waals surface area (Å²) in [4.78, 5) is 0. The van der Waals surface area contributed by atoms with Crippen molar-refractivity contribution < 1.29 is 22.6 Å². The van der Waals surface area contributed by atoms with Crippen molar-refractivity contribution in [2.75, 3.05) is 19.0 Å². The highest BCUT2D eigenvalue weighted by Gasteiger charge is 2.38. The Morgan fingerprint density at radius 1 is 1.25 bits per heavy atom. The molecule has 0 amide bonds. The van der Waals surface area contributed by atoms with Crippen LogP contribution >= 0.6 is 15.9 Å². The number of hydrogen-bond acceptors (Lipinski definition) is 5. The first-order valence-corrected chi connectivity index (χ1v) is 9.00. The lowest BCUT2D eigenvalue weighted by molar-refractivity contribution is 0.171. The Morgan fingerprint density at radius 2 is 1.85 bits per heavy atom. The molecule has 0 bridgehead atoms. The predicted molar refractivity (Wildman–Crippen MR) is 77.0 cm³/mol. The third kappa shape index (κ3) is 3.10. The molecule has 1 saturated heterocycles. The molecule has 2 heterocycles. The van der Waals surface area contributed by atoms with Crippen LogP contribution in [0.15, 0.2) is 16.6 Å². The van der Waals surface area contributed by atoms with E-state index in [0.717, 1.165) is 4.47 Å². The zero-order valence-corrected chi connectivity index (χ0v) is 13.4. The van der Waals surface area contributed by atoms with Crippen molar-refractivity contribution in [2.24, 2.45) is 0 Å². The van der Waals surface area contributed by atoms with Crippen molar-refractivity contribution in [3.63, 3.8) is 0 Å². The van der Waals surface area contributed by atoms with Crippen molar-refractivity contribution in [2.45, 2.75) is 24.9 Å². The third-order valence-corrected chi connectivity index (χ3v) is 5.67. The van der Waals surface area contributed by atoms with Crippen molar-refractivity contribution in [3.8, 4) is 11.5 Å². The van der Waals surface area contributed by atoms with Crippen LogP contribution in [0.5, 0.6) is 11.5 Å². The monoisotopic (exact) mass is 362 g/mol. The van der Waals surface area contributed by atoms with Gasteiger partial charge in [-0.1, -0.05) is 15.9 Å². The summed E-state index contributed by atoms with van der Waals surface area (Å²) in [7, 11) is -3.20. The van der Waals surface area contributed by atoms with E-state index in [1.165, 1.54) is 0 Å². The molecule has 2 aliphatic heterocycles. The van der Waals surface area contributed by atoms with Crippen LogP contribution in [-0.2, 0) is 20.3 Å². The number of benzene rings is 1. The summed E-state index contributed by atoms with van der Waals surface area (Å²) in [6, 6.07) is 3.49. The Bertz CT molecular complexity index is 628. The summed E-state index contributed by atoms with van der Waals surface area (Å²) in [6.45, 7) is 2.86. The zero-order chi connectivity index (χ0) is 14.3. The molecule has 110 valence electrons. The van der Waals surface area contributed by atoms with Crippen LogP contribution in [0.3, 0.4) is 0 Å². The first-order chi connectivity index (χ1) is 9.44. The van der Waals surface area contributed by atoms with Gasteiger partial charge in [0, 0.05) is 4.47 Å². The number of rotatable bonds is 4. The van der Waals surface area contributed by atoms with Crippen LogP contribution in [0.25, 0.3) is 0 Å². The molecule has 0 aliphatic carbocycles. The number of epoxide rings is 1. The van der Waals surface area contributed by atoms with Crippen molar-refractivity contribution in [1.82, 2.24) is 0 Å². The van der Waals surface area contributed by atoms with E-state index in [1.54, 1.807) is 12.1 Å². The molecule has 2 atom stereocenters. The first kappa shape index (κ1) is 14.2. The summed E-state index contributed by atoms with van der Waals surface area (Å²) in [5, 5.41) is 0. The van der Waals surface area contributed by atoms with Crippen LogP contribution in [0.1, 0.15) is 12.5 Å². The zero-order valence-electron chi connectivity index (χ0n) is 11.0. The van der Waals surface area contributed by atoms with Crippen LogP contribution < -0.4 is 9.47 Å². The van der Waals surface area contributed by atoms with Gasteiger partial charge >= 0.3 is 0 Å². The lowest BCUT2D eigenvalue weighted by atomic mass is 10.2. The lowest BCUT2D eigenvalue weighted by Crippen LogP contribution is -2.17. The van der Waals surface area contributed by atoms with Crippen molar-refractivity contribution in [1.29, 1.82) is 0 Å². The van der Waals surface area contributed by atoms with E-state index in [1.807, 2.05) is 6.92 Å². The first-order valence-electron chi connectivity index (χ1n) is 6.38. The quantitative estimate of drug-likeness (QED) is 0.765. The molecule has 1 aromatic carbocycles. The standard InChI is InChI=1S/C13H15BrO5S/c1-8-13(19-8)7-20(15,16)6-9-4-11-12(5-10(9)14)18-3-2-17-11/h4-5,8,13H,2-3,6-7H2,1H3/t8-,13-/m1/s1. The largest absolute Gasteiger partial charge is 0.486 e. The van der Waals surface area contributed by atoms with E-state index in [2.05, 4.69) is 15.9 Å². The summed E-state index contributed by atoms with van der Waals surface area (Å²) < 4.78 is 41.1. The molecule has 0 unspecified atom stereocenters. The van der Waals surface area contributed by atoms with Crippen LogP contribution in [-0.4, -0.2) is 39.6 Å². The maximum Gasteiger partial charge on any atom is 0.162 e. The summed E-state index contributed by atoms with van der Waals surface area (Å²) >= 11 is 3.39. The van der Waals surface area contributed by atoms with E-state index >= 15 is 0 Å². The van der Waals surface area contributed by atoms with Crippen molar-refractivity contribution in [3.05, 3.63) is 22.2 Å². The fourth-order valence-electron chi connectivity index (χ4n) is 2.17. The average molecular weight is 363 g/mol. The average Bonchev–Trinajstić information content (AvgIpc) is 3.04. The van der Waals surface area contributed by atoms with Gasteiger partial charge in [0.1, 0.15) is 13.2 Å². The van der Waals surface area contributed by atoms with Gasteiger partial charge < -0.3 is 14.2 Å². The molecule has 5 nitrogen and oxygen atoms in total. The Labute approximate surface area is 126 Å². The SMILES string of the molecule is C[C@H]1O[C@@H]1CS(=O)(=O)Cc1cc2c(cc1Br)OCCO2. The van der Waals surface area contributed by atoms with Crippen LogP contribution in [0, 0.1) is 0 Å². The highest BCUT2D eigenvalue weighted by Crippen LogP contribution is 2.36. The Balaban J connectivity index is 1.79. The summed E-state index contributed by atoms with van der Waals surface area (Å²) in [5.41, 5.74) is 0.683. The minimum Gasteiger partial charge on any atom is -0.486 e. The molecule has 2 aliphatic rings. The number of ether oxygens (including phenoxy) is 3. The molecule has 1 aromatic rings. The van der Waals surface area contributed by atoms with Gasteiger partial charge in [0.05, 0.1) is 23.7 Å². The van der Waals surface area contributed by atoms with E-state index in [0.29, 0.717) is 30.3 Å². The van der Waals surface area contributed by atoms with Crippen LogP contribution in [0.4, 0.5) is 0 Å². The molecule has 0 N–H and O–H groups in total. The second-order valence-electron chi connectivity index (χ2n) is 5.02. The molecule has 20 heavy (non-hydrogen) atoms. The number of fused-ring (bicyclic) bond motifs is 1. The second kappa shape index (κ2) is 5.20. The fraction of sp³-hybridized carbons (Fsp3) is 0.538. The molecular formula is C13H15BrO5S. The minimum absolute atomic E-state index is 0.0309. The van der Waals surface area contributed by atoms with Gasteiger partial charge in [0.15, 0.2) is 21.3 Å². The summed E-state index contributed by atoms with van der Waals surface area (Å²) in [5.74, 6) is 1.27. The van der Waals surface area contributed by atoms with Gasteiger partial charge in [-0.3, -0.25) is 0 Å². The van der Waals surface area contributed by atoms with Crippen LogP contribution in [0.2, 0.25) is 0 Å². The molecule has 0 aromatic heterocycles. The predicted octanol–water partition coefficient (Wildman–Crippen LogP) is 1.92. The maximum absolute atomic E-state index is 12.1. The van der Waals surface area contributed by atoms with Gasteiger partial charge in [0.2, 0.25) is 0 Å². The van der Waals surface area contributed by atoms with Gasteiger partial charge in [-0.2, -0.15) is 0 Å². The maximum atomic E-state index is 12.1. The third-order valence-electron chi connectivity index (χ3n) is 3.34. The second-order valence-corrected chi connectivity index (χ2v) is 7.98. The molecule has 1 fully saturated rings. The highest BCUT2D eigenvalue weighted by atomic mass is 79.9. The normalized spacial score (nSPS) is 24.5. The molecule has 3 rings (SSSR count). The fourth-order valence-corrected chi connectivity index (χ4v) is 4.50. The number of halogens is 1. The van der Waals surface area contributed by atoms with Gasteiger partial charge in [-0.05, 0) is 24.6 Å². The van der Waals surface area contributed by atoms with Crippen molar-refractivity contribution >= 4 is 25.8 Å². The Morgan fingerprint density at radius 3 is 2.45 bits per heavy atom. The Hall–Kier alpha value is -0.790. The molecule has 0 saturated carbocycles. The Kier molecular flexibility index (Phi) is 3.68. The smallest absolute Gasteiger partial charge is 0.162 e. The topological polar surface area (TPSA) is 65.1 Å². The van der Waals surface area contributed by atoms with Gasteiger partial charge in [-0.15, -0.1) is 0 Å². The number of sulfone groups is 1. The lowest BCUT2D eigenvalue weighted by Gasteiger charge is -2.19. The molecule has 7 heteroatoms. The molecule has 0 radical (unpaired) electrons. The summed E-state index contributed by atoms with van der Waals surface area (Å²) in [6.07, 6.45) is -0.107. The minimum atomic E-state index is -3.20. The van der Waals surface area contributed by atoms with E-state index in [4.69, 9.17) is 14.2 Å². The number of hydrogen-bond donors (Lipinski definition) is 0. The van der Waals surface area contributed by atoms with E-state index < -0.39 is 9.84 Å². The van der Waals surface area contributed by atoms with Gasteiger partial charge in [-0.25, -0.2) is 8.42 Å². The molecule has 0 spiro atoms. The van der Waals surface area contributed by atoms with Gasteiger partial charge in [0.25, 0.3) is 0 Å². The van der Waals surface area contributed by atoms with E-state index in [9.17, 15) is 8.42 Å². The molecular weight excluding hydrogens is 348 g/mol. The highest BCUT2D eigenvalue weighted by molar-refractivity contribution is 9.10.